The van der Waals surface area contributed by atoms with Gasteiger partial charge in [0.2, 0.25) is 17.8 Å². The van der Waals surface area contributed by atoms with Crippen molar-refractivity contribution in [3.05, 3.63) is 29.0 Å². The molecule has 0 saturated carbocycles. The summed E-state index contributed by atoms with van der Waals surface area (Å²) in [7, 11) is 0. The maximum absolute atomic E-state index is 13.2. The average Bonchev–Trinajstić information content (AvgIpc) is 3.41. The van der Waals surface area contributed by atoms with E-state index in [1.807, 2.05) is 30.1 Å². The monoisotopic (exact) mass is 470 g/mol. The van der Waals surface area contributed by atoms with Gasteiger partial charge in [-0.05, 0) is 57.2 Å². The molecule has 4 rings (SSSR count). The van der Waals surface area contributed by atoms with Crippen LogP contribution in [0.25, 0.3) is 11.0 Å². The fourth-order valence-electron chi connectivity index (χ4n) is 4.34. The number of furan rings is 1. The van der Waals surface area contributed by atoms with Crippen molar-refractivity contribution in [1.82, 2.24) is 15.1 Å². The molecule has 0 aliphatic carbocycles. The standard InChI is InChI=1S/C23H27ClN6O3/c1-15-10-16-11-17(12-18(24)21(16)33-15)27-23(26-14-25)28-19-6-2-3-9-30(22(19)32)13-20(31)29-7-4-5-8-29/h10-12,19H,2-9,13H2,1H3,(H2,26,27,28)/t19-/m0/s1. The molecule has 174 valence electrons. The summed E-state index contributed by atoms with van der Waals surface area (Å²) in [5.74, 6) is 0.676. The largest absolute Gasteiger partial charge is 0.460 e. The van der Waals surface area contributed by atoms with Gasteiger partial charge in [0.25, 0.3) is 0 Å². The summed E-state index contributed by atoms with van der Waals surface area (Å²) < 4.78 is 5.60. The Morgan fingerprint density at radius 3 is 2.76 bits per heavy atom. The highest BCUT2D eigenvalue weighted by Gasteiger charge is 2.30. The van der Waals surface area contributed by atoms with Gasteiger partial charge in [0, 0.05) is 30.7 Å². The highest BCUT2D eigenvalue weighted by Crippen LogP contribution is 2.30. The number of nitrogens with zero attached hydrogens (tertiary/aromatic N) is 4. The van der Waals surface area contributed by atoms with Crippen LogP contribution in [0.3, 0.4) is 0 Å². The molecule has 2 aromatic rings. The minimum absolute atomic E-state index is 0.0164. The van der Waals surface area contributed by atoms with Gasteiger partial charge < -0.3 is 19.5 Å². The van der Waals surface area contributed by atoms with Gasteiger partial charge in [0.05, 0.1) is 11.6 Å². The van der Waals surface area contributed by atoms with E-state index in [1.54, 1.807) is 11.0 Å². The number of carbonyl (C=O) groups is 2. The molecule has 0 spiro atoms. The van der Waals surface area contributed by atoms with Crippen molar-refractivity contribution in [2.24, 2.45) is 4.99 Å². The molecule has 2 aliphatic heterocycles. The third-order valence-electron chi connectivity index (χ3n) is 5.95. The molecular formula is C23H27ClN6O3. The second-order valence-corrected chi connectivity index (χ2v) is 8.84. The summed E-state index contributed by atoms with van der Waals surface area (Å²) >= 11 is 6.34. The van der Waals surface area contributed by atoms with Gasteiger partial charge in [0.1, 0.15) is 11.8 Å². The highest BCUT2D eigenvalue weighted by molar-refractivity contribution is 6.35. The van der Waals surface area contributed by atoms with Gasteiger partial charge in [0.15, 0.2) is 11.8 Å². The zero-order valence-corrected chi connectivity index (χ0v) is 19.3. The van der Waals surface area contributed by atoms with Gasteiger partial charge in [-0.15, -0.1) is 0 Å². The smallest absolute Gasteiger partial charge is 0.247 e. The normalized spacial score (nSPS) is 19.5. The topological polar surface area (TPSA) is 114 Å². The first-order valence-electron chi connectivity index (χ1n) is 11.2. The van der Waals surface area contributed by atoms with E-state index in [9.17, 15) is 14.9 Å². The number of aryl methyl sites for hydroxylation is 1. The van der Waals surface area contributed by atoms with E-state index in [-0.39, 0.29) is 24.3 Å². The van der Waals surface area contributed by atoms with Gasteiger partial charge >= 0.3 is 0 Å². The number of anilines is 1. The Bertz CT molecular complexity index is 1120. The number of aliphatic imine (C=N–C) groups is 1. The summed E-state index contributed by atoms with van der Waals surface area (Å²) in [4.78, 5) is 33.7. The minimum Gasteiger partial charge on any atom is -0.460 e. The fourth-order valence-corrected chi connectivity index (χ4v) is 4.61. The van der Waals surface area contributed by atoms with Crippen molar-refractivity contribution >= 4 is 46.0 Å². The maximum atomic E-state index is 13.2. The second kappa shape index (κ2) is 10.1. The summed E-state index contributed by atoms with van der Waals surface area (Å²) in [6.07, 6.45) is 6.05. The number of rotatable bonds is 4. The number of guanidine groups is 1. The third-order valence-corrected chi connectivity index (χ3v) is 6.23. The fraction of sp³-hybridized carbons (Fsp3) is 0.478. The lowest BCUT2D eigenvalue weighted by Gasteiger charge is -2.25. The number of nitrogens with one attached hydrogen (secondary N) is 2. The molecule has 0 radical (unpaired) electrons. The van der Waals surface area contributed by atoms with Crippen LogP contribution in [0.4, 0.5) is 5.69 Å². The molecule has 0 bridgehead atoms. The molecule has 33 heavy (non-hydrogen) atoms. The Balaban J connectivity index is 1.52. The Morgan fingerprint density at radius 1 is 1.24 bits per heavy atom. The molecule has 10 heteroatoms. The van der Waals surface area contributed by atoms with E-state index in [4.69, 9.17) is 16.0 Å². The van der Waals surface area contributed by atoms with Crippen LogP contribution in [0.15, 0.2) is 27.6 Å². The quantitative estimate of drug-likeness (QED) is 0.307. The molecule has 2 aliphatic rings. The van der Waals surface area contributed by atoms with Crippen LogP contribution in [-0.2, 0) is 9.59 Å². The van der Waals surface area contributed by atoms with Crippen LogP contribution in [0.2, 0.25) is 5.02 Å². The Hall–Kier alpha value is -3.25. The molecule has 9 nitrogen and oxygen atoms in total. The average molecular weight is 471 g/mol. The second-order valence-electron chi connectivity index (χ2n) is 8.43. The van der Waals surface area contributed by atoms with Crippen molar-refractivity contribution in [3.8, 4) is 6.19 Å². The SMILES string of the molecule is Cc1cc2cc(NC(=N[C@H]3CCCCN(CC(=O)N4CCCC4)C3=O)NC#N)cc(Cl)c2o1. The lowest BCUT2D eigenvalue weighted by Crippen LogP contribution is -2.45. The molecule has 0 unspecified atom stereocenters. The maximum Gasteiger partial charge on any atom is 0.247 e. The molecule has 3 heterocycles. The van der Waals surface area contributed by atoms with Crippen LogP contribution >= 0.6 is 11.6 Å². The van der Waals surface area contributed by atoms with E-state index in [2.05, 4.69) is 15.6 Å². The highest BCUT2D eigenvalue weighted by atomic mass is 35.5. The first-order valence-corrected chi connectivity index (χ1v) is 11.6. The molecule has 1 aromatic carbocycles. The van der Waals surface area contributed by atoms with Crippen molar-refractivity contribution in [2.75, 3.05) is 31.5 Å². The Kier molecular flexibility index (Phi) is 7.04. The van der Waals surface area contributed by atoms with Gasteiger partial charge in [-0.2, -0.15) is 5.26 Å². The van der Waals surface area contributed by atoms with Crippen molar-refractivity contribution < 1.29 is 14.0 Å². The summed E-state index contributed by atoms with van der Waals surface area (Å²) in [5.41, 5.74) is 1.20. The molecule has 1 aromatic heterocycles. The summed E-state index contributed by atoms with van der Waals surface area (Å²) in [6.45, 7) is 3.96. The molecule has 2 fully saturated rings. The van der Waals surface area contributed by atoms with Crippen LogP contribution in [-0.4, -0.2) is 59.8 Å². The number of hydrogen-bond acceptors (Lipinski definition) is 5. The van der Waals surface area contributed by atoms with E-state index >= 15 is 0 Å². The molecule has 1 atom stereocenters. The Morgan fingerprint density at radius 2 is 2.00 bits per heavy atom. The first-order chi connectivity index (χ1) is 15.9. The van der Waals surface area contributed by atoms with Gasteiger partial charge in [-0.1, -0.05) is 11.6 Å². The van der Waals surface area contributed by atoms with E-state index < -0.39 is 6.04 Å². The predicted molar refractivity (Wildman–Crippen MR) is 126 cm³/mol. The number of amides is 2. The van der Waals surface area contributed by atoms with Crippen LogP contribution in [0.5, 0.6) is 0 Å². The Labute approximate surface area is 197 Å². The number of benzene rings is 1. The molecule has 2 amide bonds. The van der Waals surface area contributed by atoms with E-state index in [0.717, 1.165) is 49.9 Å². The van der Waals surface area contributed by atoms with Gasteiger partial charge in [-0.25, -0.2) is 4.99 Å². The number of carbonyl (C=O) groups excluding carboxylic acids is 2. The van der Waals surface area contributed by atoms with E-state index in [0.29, 0.717) is 29.3 Å². The zero-order valence-electron chi connectivity index (χ0n) is 18.6. The third kappa shape index (κ3) is 5.40. The number of nitriles is 1. The zero-order chi connectivity index (χ0) is 23.4. The van der Waals surface area contributed by atoms with Gasteiger partial charge in [-0.3, -0.25) is 14.9 Å². The van der Waals surface area contributed by atoms with Crippen molar-refractivity contribution in [2.45, 2.75) is 45.1 Å². The van der Waals surface area contributed by atoms with E-state index in [1.165, 1.54) is 0 Å². The van der Waals surface area contributed by atoms with Crippen LogP contribution < -0.4 is 10.6 Å². The number of hydrogen-bond donors (Lipinski definition) is 2. The number of likely N-dealkylation sites (tertiary alicyclic amines) is 2. The predicted octanol–water partition coefficient (Wildman–Crippen LogP) is 3.24. The molecular weight excluding hydrogens is 444 g/mol. The summed E-state index contributed by atoms with van der Waals surface area (Å²) in [5, 5.41) is 16.0. The minimum atomic E-state index is -0.683. The van der Waals surface area contributed by atoms with Crippen LogP contribution in [0, 0.1) is 18.4 Å². The molecule has 2 N–H and O–H groups in total. The van der Waals surface area contributed by atoms with Crippen molar-refractivity contribution in [3.63, 3.8) is 0 Å². The molecule has 2 saturated heterocycles. The van der Waals surface area contributed by atoms with Crippen molar-refractivity contribution in [1.29, 1.82) is 5.26 Å². The lowest BCUT2D eigenvalue weighted by molar-refractivity contribution is -0.140. The van der Waals surface area contributed by atoms with Crippen LogP contribution in [0.1, 0.15) is 37.9 Å². The number of halogens is 1. The first kappa shape index (κ1) is 22.9. The summed E-state index contributed by atoms with van der Waals surface area (Å²) in [6, 6.07) is 4.70. The number of fused-ring (bicyclic) bond motifs is 1. The lowest BCUT2D eigenvalue weighted by atomic mass is 10.1.